The molecule has 0 radical (unpaired) electrons. The van der Waals surface area contributed by atoms with Gasteiger partial charge in [0.05, 0.1) is 0 Å². The number of hydrogen-bond acceptors (Lipinski definition) is 2. The van der Waals surface area contributed by atoms with E-state index in [4.69, 9.17) is 9.47 Å². The standard InChI is InChI=1S/C30H20O2/c1-3-7-19(8-4-1)21-11-15-27-25(17-21)23-13-14-24-26-18-22(20-9-5-2-6-10-20)12-16-28(26)32-30(24)29(23)31-27/h1-18,29-30H. The molecule has 0 amide bonds. The number of hydrogen-bond donors (Lipinski definition) is 0. The largest absolute Gasteiger partial charge is 0.481 e. The average molecular weight is 412 g/mol. The molecular weight excluding hydrogens is 392 g/mol. The second-order valence-electron chi connectivity index (χ2n) is 8.47. The van der Waals surface area contributed by atoms with Crippen molar-refractivity contribution in [1.29, 1.82) is 0 Å². The van der Waals surface area contributed by atoms with E-state index < -0.39 is 0 Å². The minimum atomic E-state index is -0.122. The molecule has 2 aliphatic heterocycles. The average Bonchev–Trinajstić information content (AvgIpc) is 3.42. The van der Waals surface area contributed by atoms with Crippen molar-refractivity contribution in [3.05, 3.63) is 120 Å². The maximum atomic E-state index is 6.43. The van der Waals surface area contributed by atoms with Gasteiger partial charge in [-0.15, -0.1) is 0 Å². The van der Waals surface area contributed by atoms with E-state index in [2.05, 4.69) is 97.1 Å². The fraction of sp³-hybridized carbons (Fsp3) is 0.0667. The van der Waals surface area contributed by atoms with Crippen LogP contribution in [-0.4, -0.2) is 12.2 Å². The molecule has 2 atom stereocenters. The summed E-state index contributed by atoms with van der Waals surface area (Å²) in [6.07, 6.45) is 4.18. The minimum absolute atomic E-state index is 0.122. The zero-order valence-corrected chi connectivity index (χ0v) is 17.4. The van der Waals surface area contributed by atoms with E-state index in [-0.39, 0.29) is 12.2 Å². The second-order valence-corrected chi connectivity index (χ2v) is 8.47. The van der Waals surface area contributed by atoms with Gasteiger partial charge < -0.3 is 9.47 Å². The Bertz CT molecular complexity index is 1300. The lowest BCUT2D eigenvalue weighted by atomic mass is 9.87. The molecule has 2 heteroatoms. The Kier molecular flexibility index (Phi) is 3.71. The van der Waals surface area contributed by atoms with Gasteiger partial charge in [0.2, 0.25) is 0 Å². The normalized spacial score (nSPS) is 19.5. The highest BCUT2D eigenvalue weighted by Crippen LogP contribution is 2.50. The lowest BCUT2D eigenvalue weighted by molar-refractivity contribution is 0.145. The Morgan fingerprint density at radius 2 is 0.875 bits per heavy atom. The molecule has 152 valence electrons. The molecule has 4 aromatic rings. The number of benzene rings is 4. The topological polar surface area (TPSA) is 18.5 Å². The number of rotatable bonds is 2. The van der Waals surface area contributed by atoms with E-state index in [1.807, 2.05) is 12.1 Å². The van der Waals surface area contributed by atoms with E-state index in [0.29, 0.717) is 0 Å². The van der Waals surface area contributed by atoms with Crippen molar-refractivity contribution < 1.29 is 9.47 Å². The van der Waals surface area contributed by atoms with E-state index in [0.717, 1.165) is 22.6 Å². The van der Waals surface area contributed by atoms with E-state index in [9.17, 15) is 0 Å². The quantitative estimate of drug-likeness (QED) is 0.352. The molecule has 2 nitrogen and oxygen atoms in total. The van der Waals surface area contributed by atoms with E-state index in [1.54, 1.807) is 0 Å². The van der Waals surface area contributed by atoms with Crippen LogP contribution >= 0.6 is 0 Å². The van der Waals surface area contributed by atoms with Gasteiger partial charge in [-0.25, -0.2) is 0 Å². The van der Waals surface area contributed by atoms with Gasteiger partial charge in [-0.3, -0.25) is 0 Å². The maximum Gasteiger partial charge on any atom is 0.165 e. The van der Waals surface area contributed by atoms with Crippen LogP contribution in [0.25, 0.3) is 33.4 Å². The van der Waals surface area contributed by atoms with Crippen molar-refractivity contribution in [3.63, 3.8) is 0 Å². The van der Waals surface area contributed by atoms with Gasteiger partial charge in [0.15, 0.2) is 12.2 Å². The Hall–Kier alpha value is -4.04. The highest BCUT2D eigenvalue weighted by Gasteiger charge is 2.44. The molecule has 0 bridgehead atoms. The summed E-state index contributed by atoms with van der Waals surface area (Å²) >= 11 is 0. The molecule has 1 aliphatic carbocycles. The van der Waals surface area contributed by atoms with Crippen LogP contribution in [0.2, 0.25) is 0 Å². The van der Waals surface area contributed by atoms with Crippen LogP contribution in [0.1, 0.15) is 11.1 Å². The summed E-state index contributed by atoms with van der Waals surface area (Å²) in [4.78, 5) is 0. The van der Waals surface area contributed by atoms with Gasteiger partial charge in [0, 0.05) is 22.3 Å². The smallest absolute Gasteiger partial charge is 0.165 e. The summed E-state index contributed by atoms with van der Waals surface area (Å²) in [6.45, 7) is 0. The summed E-state index contributed by atoms with van der Waals surface area (Å²) in [7, 11) is 0. The van der Waals surface area contributed by atoms with Gasteiger partial charge >= 0.3 is 0 Å². The summed E-state index contributed by atoms with van der Waals surface area (Å²) in [6, 6.07) is 33.9. The van der Waals surface area contributed by atoms with Crippen LogP contribution < -0.4 is 9.47 Å². The molecule has 0 saturated carbocycles. The molecule has 0 saturated heterocycles. The predicted molar refractivity (Wildman–Crippen MR) is 129 cm³/mol. The number of fused-ring (bicyclic) bond motifs is 7. The van der Waals surface area contributed by atoms with Gasteiger partial charge in [-0.1, -0.05) is 84.9 Å². The Morgan fingerprint density at radius 1 is 0.438 bits per heavy atom. The van der Waals surface area contributed by atoms with Crippen LogP contribution in [0.5, 0.6) is 11.5 Å². The van der Waals surface area contributed by atoms with Gasteiger partial charge in [-0.05, 0) is 46.5 Å². The Morgan fingerprint density at radius 3 is 1.31 bits per heavy atom. The fourth-order valence-electron chi connectivity index (χ4n) is 5.04. The first-order valence-electron chi connectivity index (χ1n) is 11.0. The third-order valence-electron chi connectivity index (χ3n) is 6.63. The predicted octanol–water partition coefficient (Wildman–Crippen LogP) is 7.02. The number of ether oxygens (including phenoxy) is 2. The minimum Gasteiger partial charge on any atom is -0.481 e. The van der Waals surface area contributed by atoms with Crippen LogP contribution in [0, 0.1) is 0 Å². The van der Waals surface area contributed by atoms with Gasteiger partial charge in [0.25, 0.3) is 0 Å². The Balaban J connectivity index is 1.28. The molecule has 4 aromatic carbocycles. The molecule has 3 aliphatic rings. The molecule has 7 rings (SSSR count). The van der Waals surface area contributed by atoms with Gasteiger partial charge in [-0.2, -0.15) is 0 Å². The summed E-state index contributed by atoms with van der Waals surface area (Å²) < 4.78 is 12.9. The number of allylic oxidation sites excluding steroid dienone is 2. The molecule has 0 fully saturated rings. The molecular formula is C30H20O2. The maximum absolute atomic E-state index is 6.43. The third kappa shape index (κ3) is 2.59. The monoisotopic (exact) mass is 412 g/mol. The molecule has 0 aromatic heterocycles. The first kappa shape index (κ1) is 17.6. The Labute approximate surface area is 187 Å². The third-order valence-corrected chi connectivity index (χ3v) is 6.63. The summed E-state index contributed by atoms with van der Waals surface area (Å²) in [5.41, 5.74) is 9.55. The van der Waals surface area contributed by atoms with Crippen molar-refractivity contribution in [2.24, 2.45) is 0 Å². The van der Waals surface area contributed by atoms with Crippen molar-refractivity contribution in [3.8, 4) is 33.8 Å². The zero-order valence-electron chi connectivity index (χ0n) is 17.4. The molecule has 2 heterocycles. The molecule has 0 N–H and O–H groups in total. The first-order valence-corrected chi connectivity index (χ1v) is 11.0. The van der Waals surface area contributed by atoms with Crippen molar-refractivity contribution in [2.45, 2.75) is 12.2 Å². The lowest BCUT2D eigenvalue weighted by Crippen LogP contribution is -2.34. The van der Waals surface area contributed by atoms with E-state index >= 15 is 0 Å². The van der Waals surface area contributed by atoms with Crippen LogP contribution in [0.15, 0.2) is 109 Å². The summed E-state index contributed by atoms with van der Waals surface area (Å²) in [5, 5.41) is 0. The highest BCUT2D eigenvalue weighted by molar-refractivity contribution is 5.92. The van der Waals surface area contributed by atoms with Crippen LogP contribution in [-0.2, 0) is 0 Å². The second kappa shape index (κ2) is 6.73. The molecule has 32 heavy (non-hydrogen) atoms. The molecule has 0 spiro atoms. The van der Waals surface area contributed by atoms with Crippen LogP contribution in [0.4, 0.5) is 0 Å². The van der Waals surface area contributed by atoms with E-state index in [1.165, 1.54) is 33.4 Å². The molecule has 2 unspecified atom stereocenters. The SMILES string of the molecule is C1=C2c3cc(-c4ccccc4)ccc3OC2C2Oc3ccc(-c4ccccc4)cc3C2=C1. The first-order chi connectivity index (χ1) is 15.8. The van der Waals surface area contributed by atoms with Gasteiger partial charge in [0.1, 0.15) is 11.5 Å². The lowest BCUT2D eigenvalue weighted by Gasteiger charge is -2.23. The highest BCUT2D eigenvalue weighted by atomic mass is 16.5. The van der Waals surface area contributed by atoms with Crippen molar-refractivity contribution in [2.75, 3.05) is 0 Å². The van der Waals surface area contributed by atoms with Crippen molar-refractivity contribution >= 4 is 11.1 Å². The van der Waals surface area contributed by atoms with Crippen molar-refractivity contribution in [1.82, 2.24) is 0 Å². The zero-order chi connectivity index (χ0) is 21.1. The fourth-order valence-corrected chi connectivity index (χ4v) is 5.04. The summed E-state index contributed by atoms with van der Waals surface area (Å²) in [5.74, 6) is 1.86. The van der Waals surface area contributed by atoms with Crippen LogP contribution in [0.3, 0.4) is 0 Å².